The second-order valence-electron chi connectivity index (χ2n) is 3.69. The van der Waals surface area contributed by atoms with Crippen LogP contribution >= 0.6 is 0 Å². The van der Waals surface area contributed by atoms with E-state index in [-0.39, 0.29) is 5.76 Å². The summed E-state index contributed by atoms with van der Waals surface area (Å²) in [5, 5.41) is 12.6. The third-order valence-electron chi connectivity index (χ3n) is 2.42. The number of rotatable bonds is 4. The Hall–Kier alpha value is -2.29. The van der Waals surface area contributed by atoms with Crippen molar-refractivity contribution in [1.29, 1.82) is 0 Å². The van der Waals surface area contributed by atoms with Gasteiger partial charge in [-0.3, -0.25) is 0 Å². The van der Waals surface area contributed by atoms with Gasteiger partial charge in [0.25, 0.3) is 0 Å². The van der Waals surface area contributed by atoms with Gasteiger partial charge in [0.15, 0.2) is 0 Å². The molecule has 1 heterocycles. The minimum absolute atomic E-state index is 0.0219. The van der Waals surface area contributed by atoms with Crippen molar-refractivity contribution in [1.82, 2.24) is 4.98 Å². The number of aliphatic hydroxyl groups is 1. The largest absolute Gasteiger partial charge is 0.508 e. The van der Waals surface area contributed by atoms with Crippen molar-refractivity contribution in [3.63, 3.8) is 0 Å². The van der Waals surface area contributed by atoms with Crippen LogP contribution in [0.25, 0.3) is 5.76 Å². The molecule has 3 heteroatoms. The van der Waals surface area contributed by atoms with Crippen LogP contribution in [0, 0.1) is 0 Å². The van der Waals surface area contributed by atoms with E-state index in [4.69, 9.17) is 0 Å². The lowest BCUT2D eigenvalue weighted by molar-refractivity contribution is 0.514. The Balaban J connectivity index is 2.12. The smallest absolute Gasteiger partial charge is 0.137 e. The maximum atomic E-state index is 9.43. The summed E-state index contributed by atoms with van der Waals surface area (Å²) in [6.07, 6.45) is 1.68. The minimum atomic E-state index is 0.0219. The standard InChI is InChI=1S/C14H14N2O/c1-11(17)13-8-5-9-15-14(13)16-10-12-6-3-2-4-7-12/h2-9,17H,1,10H2,(H,15,16). The fourth-order valence-corrected chi connectivity index (χ4v) is 1.56. The molecule has 0 bridgehead atoms. The van der Waals surface area contributed by atoms with Gasteiger partial charge in [0.05, 0.1) is 5.56 Å². The van der Waals surface area contributed by atoms with Gasteiger partial charge in [0.1, 0.15) is 11.6 Å². The molecule has 0 fully saturated rings. The molecule has 0 radical (unpaired) electrons. The lowest BCUT2D eigenvalue weighted by Crippen LogP contribution is -2.03. The zero-order valence-corrected chi connectivity index (χ0v) is 9.43. The Kier molecular flexibility index (Phi) is 3.40. The van der Waals surface area contributed by atoms with E-state index in [1.807, 2.05) is 30.3 Å². The van der Waals surface area contributed by atoms with Crippen LogP contribution in [0.3, 0.4) is 0 Å². The number of hydrogen-bond acceptors (Lipinski definition) is 3. The predicted octanol–water partition coefficient (Wildman–Crippen LogP) is 3.22. The van der Waals surface area contributed by atoms with Gasteiger partial charge >= 0.3 is 0 Å². The van der Waals surface area contributed by atoms with Crippen molar-refractivity contribution < 1.29 is 5.11 Å². The fraction of sp³-hybridized carbons (Fsp3) is 0.0714. The Morgan fingerprint density at radius 1 is 1.18 bits per heavy atom. The zero-order chi connectivity index (χ0) is 12.1. The molecule has 1 aromatic carbocycles. The summed E-state index contributed by atoms with van der Waals surface area (Å²) in [4.78, 5) is 4.18. The predicted molar refractivity (Wildman–Crippen MR) is 69.7 cm³/mol. The van der Waals surface area contributed by atoms with Gasteiger partial charge in [-0.2, -0.15) is 0 Å². The van der Waals surface area contributed by atoms with Crippen molar-refractivity contribution in [3.8, 4) is 0 Å². The molecule has 2 aromatic rings. The number of nitrogens with one attached hydrogen (secondary N) is 1. The van der Waals surface area contributed by atoms with Gasteiger partial charge in [-0.1, -0.05) is 36.9 Å². The zero-order valence-electron chi connectivity index (χ0n) is 9.43. The molecule has 3 nitrogen and oxygen atoms in total. The van der Waals surface area contributed by atoms with E-state index >= 15 is 0 Å². The second-order valence-corrected chi connectivity index (χ2v) is 3.69. The van der Waals surface area contributed by atoms with Crippen LogP contribution in [0.15, 0.2) is 55.2 Å². The van der Waals surface area contributed by atoms with Gasteiger partial charge in [0.2, 0.25) is 0 Å². The third-order valence-corrected chi connectivity index (χ3v) is 2.42. The maximum Gasteiger partial charge on any atom is 0.137 e. The molecule has 86 valence electrons. The molecule has 0 aliphatic heterocycles. The van der Waals surface area contributed by atoms with Gasteiger partial charge in [0, 0.05) is 12.7 Å². The van der Waals surface area contributed by atoms with Crippen LogP contribution in [0.4, 0.5) is 5.82 Å². The summed E-state index contributed by atoms with van der Waals surface area (Å²) in [6, 6.07) is 13.6. The molecule has 0 atom stereocenters. The number of aliphatic hydroxyl groups excluding tert-OH is 1. The van der Waals surface area contributed by atoms with Crippen molar-refractivity contribution in [3.05, 3.63) is 66.4 Å². The first-order valence-corrected chi connectivity index (χ1v) is 5.38. The van der Waals surface area contributed by atoms with Crippen molar-refractivity contribution in [2.24, 2.45) is 0 Å². The Morgan fingerprint density at radius 2 is 1.94 bits per heavy atom. The van der Waals surface area contributed by atoms with E-state index in [0.717, 1.165) is 5.56 Å². The number of hydrogen-bond donors (Lipinski definition) is 2. The second kappa shape index (κ2) is 5.16. The van der Waals surface area contributed by atoms with E-state index in [2.05, 4.69) is 16.9 Å². The van der Waals surface area contributed by atoms with Gasteiger partial charge in [-0.25, -0.2) is 4.98 Å². The summed E-state index contributed by atoms with van der Waals surface area (Å²) in [5.41, 5.74) is 1.79. The normalized spacial score (nSPS) is 9.88. The minimum Gasteiger partial charge on any atom is -0.508 e. The molecule has 0 aliphatic rings. The summed E-state index contributed by atoms with van der Waals surface area (Å²) < 4.78 is 0. The number of anilines is 1. The molecule has 17 heavy (non-hydrogen) atoms. The Bertz CT molecular complexity index is 509. The van der Waals surface area contributed by atoms with E-state index in [9.17, 15) is 5.11 Å². The maximum absolute atomic E-state index is 9.43. The first-order valence-electron chi connectivity index (χ1n) is 5.38. The van der Waals surface area contributed by atoms with E-state index < -0.39 is 0 Å². The molecular formula is C14H14N2O. The first kappa shape index (κ1) is 11.2. The highest BCUT2D eigenvalue weighted by molar-refractivity contribution is 5.67. The first-order chi connectivity index (χ1) is 8.27. The van der Waals surface area contributed by atoms with Crippen LogP contribution in [-0.2, 0) is 6.54 Å². The van der Waals surface area contributed by atoms with E-state index in [1.165, 1.54) is 0 Å². The molecule has 0 saturated carbocycles. The SMILES string of the molecule is C=C(O)c1cccnc1NCc1ccccc1. The van der Waals surface area contributed by atoms with Gasteiger partial charge in [-0.15, -0.1) is 0 Å². The molecule has 0 aliphatic carbocycles. The molecule has 0 spiro atoms. The molecule has 2 rings (SSSR count). The molecule has 0 amide bonds. The molecule has 0 saturated heterocycles. The highest BCUT2D eigenvalue weighted by Gasteiger charge is 2.04. The lowest BCUT2D eigenvalue weighted by Gasteiger charge is -2.09. The molecular weight excluding hydrogens is 212 g/mol. The Morgan fingerprint density at radius 3 is 2.65 bits per heavy atom. The van der Waals surface area contributed by atoms with Crippen molar-refractivity contribution >= 4 is 11.6 Å². The van der Waals surface area contributed by atoms with Crippen LogP contribution < -0.4 is 5.32 Å². The van der Waals surface area contributed by atoms with Crippen molar-refractivity contribution in [2.45, 2.75) is 6.54 Å². The average molecular weight is 226 g/mol. The Labute approximate surface area is 100 Å². The number of benzene rings is 1. The summed E-state index contributed by atoms with van der Waals surface area (Å²) in [5.74, 6) is 0.664. The summed E-state index contributed by atoms with van der Waals surface area (Å²) in [6.45, 7) is 4.18. The average Bonchev–Trinajstić information content (AvgIpc) is 2.38. The van der Waals surface area contributed by atoms with Crippen LogP contribution in [-0.4, -0.2) is 10.1 Å². The molecule has 1 aromatic heterocycles. The van der Waals surface area contributed by atoms with Crippen LogP contribution in [0.5, 0.6) is 0 Å². The topological polar surface area (TPSA) is 45.2 Å². The number of aromatic nitrogens is 1. The van der Waals surface area contributed by atoms with E-state index in [0.29, 0.717) is 17.9 Å². The van der Waals surface area contributed by atoms with Crippen molar-refractivity contribution in [2.75, 3.05) is 5.32 Å². The number of pyridine rings is 1. The molecule has 2 N–H and O–H groups in total. The van der Waals surface area contributed by atoms with E-state index in [1.54, 1.807) is 18.3 Å². The molecule has 0 unspecified atom stereocenters. The third kappa shape index (κ3) is 2.84. The highest BCUT2D eigenvalue weighted by atomic mass is 16.3. The summed E-state index contributed by atoms with van der Waals surface area (Å²) in [7, 11) is 0. The monoisotopic (exact) mass is 226 g/mol. The van der Waals surface area contributed by atoms with Crippen LogP contribution in [0.1, 0.15) is 11.1 Å². The van der Waals surface area contributed by atoms with Gasteiger partial charge in [-0.05, 0) is 17.7 Å². The lowest BCUT2D eigenvalue weighted by atomic mass is 10.2. The highest BCUT2D eigenvalue weighted by Crippen LogP contribution is 2.18. The van der Waals surface area contributed by atoms with Crippen LogP contribution in [0.2, 0.25) is 0 Å². The summed E-state index contributed by atoms with van der Waals surface area (Å²) >= 11 is 0. The fourth-order valence-electron chi connectivity index (χ4n) is 1.56. The van der Waals surface area contributed by atoms with Gasteiger partial charge < -0.3 is 10.4 Å². The quantitative estimate of drug-likeness (QED) is 0.787. The number of nitrogens with zero attached hydrogens (tertiary/aromatic N) is 1.